The molecule has 4 heteroatoms. The molecule has 1 aromatic heterocycles. The number of carbonyl (C=O) groups excluding carboxylic acids is 1. The first-order valence-corrected chi connectivity index (χ1v) is 5.64. The monoisotopic (exact) mass is 225 g/mol. The lowest BCUT2D eigenvalue weighted by molar-refractivity contribution is 0.0943. The van der Waals surface area contributed by atoms with Crippen LogP contribution < -0.4 is 5.32 Å². The number of rotatable bonds is 6. The summed E-state index contributed by atoms with van der Waals surface area (Å²) in [5, 5.41) is 11.6. The van der Waals surface area contributed by atoms with Gasteiger partial charge in [-0.2, -0.15) is 0 Å². The predicted octanol–water partition coefficient (Wildman–Crippen LogP) is 1.59. The van der Waals surface area contributed by atoms with Crippen LogP contribution in [0.4, 0.5) is 0 Å². The lowest BCUT2D eigenvalue weighted by Crippen LogP contribution is -2.28. The molecule has 0 aliphatic rings. The third-order valence-electron chi connectivity index (χ3n) is 2.54. The second-order valence-corrected chi connectivity index (χ2v) is 3.94. The van der Waals surface area contributed by atoms with E-state index in [0.717, 1.165) is 0 Å². The third-order valence-corrected chi connectivity index (χ3v) is 2.54. The highest BCUT2D eigenvalue weighted by atomic mass is 16.3. The fraction of sp³-hybridized carbons (Fsp3) is 0.583. The Labute approximate surface area is 95.7 Å². The molecule has 1 aromatic rings. The van der Waals surface area contributed by atoms with Crippen molar-refractivity contribution in [3.63, 3.8) is 0 Å². The van der Waals surface area contributed by atoms with E-state index < -0.39 is 0 Å². The van der Waals surface area contributed by atoms with Crippen LogP contribution in [0.5, 0.6) is 0 Å². The van der Waals surface area contributed by atoms with Crippen LogP contribution in [0, 0.1) is 5.92 Å². The Morgan fingerprint density at radius 1 is 1.62 bits per heavy atom. The molecular weight excluding hydrogens is 206 g/mol. The molecule has 0 saturated carbocycles. The Hall–Kier alpha value is -1.29. The molecule has 2 N–H and O–H groups in total. The van der Waals surface area contributed by atoms with Crippen LogP contribution in [0.25, 0.3) is 0 Å². The Bertz CT molecular complexity index is 333. The molecule has 1 unspecified atom stereocenters. The van der Waals surface area contributed by atoms with Gasteiger partial charge in [0.05, 0.1) is 11.8 Å². The van der Waals surface area contributed by atoms with E-state index in [1.54, 1.807) is 6.07 Å². The number of amides is 1. The molecule has 0 saturated heterocycles. The molecule has 90 valence electrons. The summed E-state index contributed by atoms with van der Waals surface area (Å²) < 4.78 is 5.19. The number of aryl methyl sites for hydroxylation is 1. The minimum absolute atomic E-state index is 0.101. The maximum atomic E-state index is 11.8. The molecule has 0 bridgehead atoms. The van der Waals surface area contributed by atoms with Gasteiger partial charge in [0.1, 0.15) is 5.76 Å². The number of nitrogens with one attached hydrogen (secondary N) is 1. The van der Waals surface area contributed by atoms with Crippen LogP contribution in [0.2, 0.25) is 0 Å². The molecule has 1 heterocycles. The largest absolute Gasteiger partial charge is 0.469 e. The topological polar surface area (TPSA) is 62.5 Å². The zero-order valence-electron chi connectivity index (χ0n) is 9.82. The van der Waals surface area contributed by atoms with Crippen LogP contribution in [-0.4, -0.2) is 24.2 Å². The summed E-state index contributed by atoms with van der Waals surface area (Å²) in [6.45, 7) is 4.67. The van der Waals surface area contributed by atoms with Gasteiger partial charge in [0, 0.05) is 19.6 Å². The van der Waals surface area contributed by atoms with Crippen molar-refractivity contribution in [2.24, 2.45) is 5.92 Å². The van der Waals surface area contributed by atoms with Crippen LogP contribution in [-0.2, 0) is 6.42 Å². The van der Waals surface area contributed by atoms with Crippen LogP contribution >= 0.6 is 0 Å². The van der Waals surface area contributed by atoms with Crippen LogP contribution in [0.15, 0.2) is 16.7 Å². The average Bonchev–Trinajstić information content (AvgIpc) is 2.74. The fourth-order valence-corrected chi connectivity index (χ4v) is 1.50. The molecule has 1 atom stereocenters. The minimum atomic E-state index is -0.101. The Balaban J connectivity index is 2.46. The van der Waals surface area contributed by atoms with Gasteiger partial charge in [0.15, 0.2) is 0 Å². The van der Waals surface area contributed by atoms with Crippen molar-refractivity contribution >= 4 is 5.91 Å². The lowest BCUT2D eigenvalue weighted by atomic mass is 10.1. The maximum absolute atomic E-state index is 11.8. The summed E-state index contributed by atoms with van der Waals surface area (Å²) in [5.74, 6) is 0.897. The zero-order valence-corrected chi connectivity index (χ0v) is 9.82. The highest BCUT2D eigenvalue weighted by Gasteiger charge is 2.13. The molecule has 0 radical (unpaired) electrons. The van der Waals surface area contributed by atoms with Gasteiger partial charge in [0.2, 0.25) is 0 Å². The average molecular weight is 225 g/mol. The van der Waals surface area contributed by atoms with Gasteiger partial charge in [-0.25, -0.2) is 0 Å². The van der Waals surface area contributed by atoms with Gasteiger partial charge < -0.3 is 14.8 Å². The molecule has 1 rings (SSSR count). The number of hydrogen-bond acceptors (Lipinski definition) is 3. The van der Waals surface area contributed by atoms with E-state index in [1.807, 2.05) is 13.8 Å². The summed E-state index contributed by atoms with van der Waals surface area (Å²) >= 11 is 0. The molecule has 0 spiro atoms. The summed E-state index contributed by atoms with van der Waals surface area (Å²) in [7, 11) is 0. The standard InChI is InChI=1S/C12H19NO3/c1-3-11-10(5-7-16-11)12(15)13-8-9(2)4-6-14/h5,7,9,14H,3-4,6,8H2,1-2H3,(H,13,15). The van der Waals surface area contributed by atoms with Gasteiger partial charge >= 0.3 is 0 Å². The van der Waals surface area contributed by atoms with E-state index in [0.29, 0.717) is 30.7 Å². The Morgan fingerprint density at radius 3 is 3.00 bits per heavy atom. The van der Waals surface area contributed by atoms with Gasteiger partial charge in [-0.3, -0.25) is 4.79 Å². The van der Waals surface area contributed by atoms with Gasteiger partial charge in [0.25, 0.3) is 5.91 Å². The fourth-order valence-electron chi connectivity index (χ4n) is 1.50. The van der Waals surface area contributed by atoms with Crippen molar-refractivity contribution in [1.82, 2.24) is 5.32 Å². The maximum Gasteiger partial charge on any atom is 0.254 e. The van der Waals surface area contributed by atoms with E-state index in [9.17, 15) is 4.79 Å². The summed E-state index contributed by atoms with van der Waals surface area (Å²) in [6.07, 6.45) is 2.94. The lowest BCUT2D eigenvalue weighted by Gasteiger charge is -2.10. The first kappa shape index (κ1) is 12.8. The molecule has 1 amide bonds. The van der Waals surface area contributed by atoms with Crippen molar-refractivity contribution in [1.29, 1.82) is 0 Å². The molecule has 16 heavy (non-hydrogen) atoms. The number of furan rings is 1. The van der Waals surface area contributed by atoms with E-state index >= 15 is 0 Å². The normalized spacial score (nSPS) is 12.4. The Kier molecular flexibility index (Phi) is 5.05. The molecule has 4 nitrogen and oxygen atoms in total. The van der Waals surface area contributed by atoms with Crippen molar-refractivity contribution in [2.75, 3.05) is 13.2 Å². The highest BCUT2D eigenvalue weighted by molar-refractivity contribution is 5.95. The quantitative estimate of drug-likeness (QED) is 0.772. The van der Waals surface area contributed by atoms with Crippen molar-refractivity contribution in [2.45, 2.75) is 26.7 Å². The highest BCUT2D eigenvalue weighted by Crippen LogP contribution is 2.11. The van der Waals surface area contributed by atoms with Gasteiger partial charge in [-0.1, -0.05) is 13.8 Å². The minimum Gasteiger partial charge on any atom is -0.469 e. The smallest absolute Gasteiger partial charge is 0.254 e. The molecular formula is C12H19NO3. The molecule has 0 aliphatic heterocycles. The van der Waals surface area contributed by atoms with E-state index in [2.05, 4.69) is 5.32 Å². The number of aliphatic hydroxyl groups is 1. The van der Waals surface area contributed by atoms with Gasteiger partial charge in [-0.15, -0.1) is 0 Å². The molecule has 0 aliphatic carbocycles. The number of aliphatic hydroxyl groups excluding tert-OH is 1. The zero-order chi connectivity index (χ0) is 12.0. The summed E-state index contributed by atoms with van der Waals surface area (Å²) in [6, 6.07) is 1.69. The number of carbonyl (C=O) groups is 1. The van der Waals surface area contributed by atoms with E-state index in [4.69, 9.17) is 9.52 Å². The number of hydrogen-bond donors (Lipinski definition) is 2. The first-order chi connectivity index (χ1) is 7.69. The Morgan fingerprint density at radius 2 is 2.38 bits per heavy atom. The predicted molar refractivity (Wildman–Crippen MR) is 61.3 cm³/mol. The van der Waals surface area contributed by atoms with Crippen molar-refractivity contribution < 1.29 is 14.3 Å². The van der Waals surface area contributed by atoms with Gasteiger partial charge in [-0.05, 0) is 18.4 Å². The second-order valence-electron chi connectivity index (χ2n) is 3.94. The SMILES string of the molecule is CCc1occc1C(=O)NCC(C)CCO. The van der Waals surface area contributed by atoms with Crippen LogP contribution in [0.3, 0.4) is 0 Å². The van der Waals surface area contributed by atoms with Crippen molar-refractivity contribution in [3.05, 3.63) is 23.7 Å². The summed E-state index contributed by atoms with van der Waals surface area (Å²) in [5.41, 5.74) is 0.610. The van der Waals surface area contributed by atoms with Crippen LogP contribution in [0.1, 0.15) is 36.4 Å². The third kappa shape index (κ3) is 3.38. The molecule has 0 fully saturated rings. The second kappa shape index (κ2) is 6.33. The van der Waals surface area contributed by atoms with E-state index in [-0.39, 0.29) is 18.4 Å². The van der Waals surface area contributed by atoms with Crippen molar-refractivity contribution in [3.8, 4) is 0 Å². The summed E-state index contributed by atoms with van der Waals surface area (Å²) in [4.78, 5) is 11.8. The van der Waals surface area contributed by atoms with E-state index in [1.165, 1.54) is 6.26 Å². The molecule has 0 aromatic carbocycles. The first-order valence-electron chi connectivity index (χ1n) is 5.64.